The third-order valence-corrected chi connectivity index (χ3v) is 5.26. The van der Waals surface area contributed by atoms with Gasteiger partial charge < -0.3 is 18.8 Å². The first-order valence-corrected chi connectivity index (χ1v) is 9.88. The molecule has 0 radical (unpaired) electrons. The van der Waals surface area contributed by atoms with Crippen LogP contribution >= 0.6 is 0 Å². The van der Waals surface area contributed by atoms with Gasteiger partial charge in [0, 0.05) is 30.5 Å². The first-order chi connectivity index (χ1) is 14.1. The van der Waals surface area contributed by atoms with Crippen LogP contribution in [0.3, 0.4) is 0 Å². The predicted octanol–water partition coefficient (Wildman–Crippen LogP) is 3.45. The quantitative estimate of drug-likeness (QED) is 0.591. The molecule has 0 atom stereocenters. The third kappa shape index (κ3) is 4.59. The number of furan rings is 1. The lowest BCUT2D eigenvalue weighted by Crippen LogP contribution is -2.43. The van der Waals surface area contributed by atoms with Crippen molar-refractivity contribution < 1.29 is 14.0 Å². The van der Waals surface area contributed by atoms with Gasteiger partial charge in [-0.25, -0.2) is 0 Å². The van der Waals surface area contributed by atoms with Crippen LogP contribution in [-0.4, -0.2) is 38.8 Å². The average Bonchev–Trinajstić information content (AvgIpc) is 3.30. The summed E-state index contributed by atoms with van der Waals surface area (Å²) in [4.78, 5) is 29.7. The second kappa shape index (κ2) is 8.39. The standard InChI is InChI=1S/C23H25N3O3/c1-24-13-5-9-20(24)15-25(16-21-10-6-14-29-21)22(27)17-26(19-11-12-19)23(28)18-7-3-2-4-8-18/h2-10,13-14,19H,11-12,15-17H2,1H3. The van der Waals surface area contributed by atoms with E-state index in [1.54, 1.807) is 28.2 Å². The van der Waals surface area contributed by atoms with Crippen LogP contribution in [0.2, 0.25) is 0 Å². The molecule has 1 aliphatic carbocycles. The fraction of sp³-hybridized carbons (Fsp3) is 0.304. The molecule has 0 saturated heterocycles. The van der Waals surface area contributed by atoms with Crippen LogP contribution in [0.1, 0.15) is 34.7 Å². The summed E-state index contributed by atoms with van der Waals surface area (Å²) in [5.74, 6) is 0.553. The molecule has 2 amide bonds. The molecule has 0 aliphatic heterocycles. The predicted molar refractivity (Wildman–Crippen MR) is 109 cm³/mol. The maximum Gasteiger partial charge on any atom is 0.254 e. The SMILES string of the molecule is Cn1cccc1CN(Cc1ccco1)C(=O)CN(C(=O)c1ccccc1)C1CC1. The third-order valence-electron chi connectivity index (χ3n) is 5.26. The summed E-state index contributed by atoms with van der Waals surface area (Å²) in [6.07, 6.45) is 5.46. The molecule has 4 rings (SSSR count). The zero-order valence-corrected chi connectivity index (χ0v) is 16.5. The molecule has 0 bridgehead atoms. The molecule has 150 valence electrons. The summed E-state index contributed by atoms with van der Waals surface area (Å²) in [7, 11) is 1.96. The Kier molecular flexibility index (Phi) is 5.51. The Morgan fingerprint density at radius 3 is 2.45 bits per heavy atom. The molecule has 0 spiro atoms. The number of benzene rings is 1. The van der Waals surface area contributed by atoms with Crippen LogP contribution in [-0.2, 0) is 24.9 Å². The second-order valence-corrected chi connectivity index (χ2v) is 7.47. The summed E-state index contributed by atoms with van der Waals surface area (Å²) >= 11 is 0. The number of amides is 2. The number of hydrogen-bond donors (Lipinski definition) is 0. The van der Waals surface area contributed by atoms with Crippen LogP contribution in [0.4, 0.5) is 0 Å². The van der Waals surface area contributed by atoms with Gasteiger partial charge in [-0.15, -0.1) is 0 Å². The molecule has 1 saturated carbocycles. The Balaban J connectivity index is 1.52. The molecule has 0 N–H and O–H groups in total. The highest BCUT2D eigenvalue weighted by Gasteiger charge is 2.35. The van der Waals surface area contributed by atoms with Crippen LogP contribution < -0.4 is 0 Å². The molecule has 2 aromatic heterocycles. The van der Waals surface area contributed by atoms with Gasteiger partial charge in [-0.05, 0) is 49.2 Å². The van der Waals surface area contributed by atoms with Gasteiger partial charge in [0.1, 0.15) is 12.3 Å². The summed E-state index contributed by atoms with van der Waals surface area (Å²) in [6.45, 7) is 0.902. The molecular formula is C23H25N3O3. The van der Waals surface area contributed by atoms with Gasteiger partial charge in [-0.3, -0.25) is 9.59 Å². The van der Waals surface area contributed by atoms with E-state index in [4.69, 9.17) is 4.42 Å². The van der Waals surface area contributed by atoms with Gasteiger partial charge in [0.15, 0.2) is 0 Å². The summed E-state index contributed by atoms with van der Waals surface area (Å²) in [6, 6.07) is 16.9. The number of aryl methyl sites for hydroxylation is 1. The van der Waals surface area contributed by atoms with Crippen LogP contribution in [0.5, 0.6) is 0 Å². The summed E-state index contributed by atoms with van der Waals surface area (Å²) < 4.78 is 7.46. The van der Waals surface area contributed by atoms with Crippen LogP contribution in [0.25, 0.3) is 0 Å². The van der Waals surface area contributed by atoms with Crippen molar-refractivity contribution in [2.75, 3.05) is 6.54 Å². The van der Waals surface area contributed by atoms with Gasteiger partial charge in [0.05, 0.1) is 19.4 Å². The first-order valence-electron chi connectivity index (χ1n) is 9.88. The largest absolute Gasteiger partial charge is 0.467 e. The van der Waals surface area contributed by atoms with Crippen molar-refractivity contribution in [1.82, 2.24) is 14.4 Å². The topological polar surface area (TPSA) is 58.7 Å². The van der Waals surface area contributed by atoms with Gasteiger partial charge in [0.25, 0.3) is 5.91 Å². The monoisotopic (exact) mass is 391 g/mol. The normalized spacial score (nSPS) is 13.3. The molecule has 0 unspecified atom stereocenters. The Labute approximate surface area is 170 Å². The number of nitrogens with zero attached hydrogens (tertiary/aromatic N) is 3. The minimum Gasteiger partial charge on any atom is -0.467 e. The second-order valence-electron chi connectivity index (χ2n) is 7.47. The molecular weight excluding hydrogens is 366 g/mol. The maximum absolute atomic E-state index is 13.3. The molecule has 2 heterocycles. The first kappa shape index (κ1) is 19.1. The lowest BCUT2D eigenvalue weighted by molar-refractivity contribution is -0.133. The van der Waals surface area contributed by atoms with Crippen molar-refractivity contribution in [3.8, 4) is 0 Å². The van der Waals surface area contributed by atoms with Gasteiger partial charge >= 0.3 is 0 Å². The molecule has 1 fully saturated rings. The molecule has 6 nitrogen and oxygen atoms in total. The highest BCUT2D eigenvalue weighted by molar-refractivity contribution is 5.96. The molecule has 1 aliphatic rings. The highest BCUT2D eigenvalue weighted by atomic mass is 16.3. The van der Waals surface area contributed by atoms with E-state index in [9.17, 15) is 9.59 Å². The number of carbonyl (C=O) groups is 2. The Bertz CT molecular complexity index is 958. The van der Waals surface area contributed by atoms with Crippen LogP contribution in [0.15, 0.2) is 71.5 Å². The Morgan fingerprint density at radius 2 is 1.83 bits per heavy atom. The van der Waals surface area contributed by atoms with Gasteiger partial charge in [-0.2, -0.15) is 0 Å². The van der Waals surface area contributed by atoms with Crippen molar-refractivity contribution >= 4 is 11.8 Å². The van der Waals surface area contributed by atoms with E-state index in [0.29, 0.717) is 18.7 Å². The van der Waals surface area contributed by atoms with E-state index in [-0.39, 0.29) is 24.4 Å². The average molecular weight is 391 g/mol. The van der Waals surface area contributed by atoms with Crippen molar-refractivity contribution in [3.05, 3.63) is 84.1 Å². The van der Waals surface area contributed by atoms with Crippen molar-refractivity contribution in [2.24, 2.45) is 7.05 Å². The van der Waals surface area contributed by atoms with Crippen molar-refractivity contribution in [3.63, 3.8) is 0 Å². The molecule has 29 heavy (non-hydrogen) atoms. The van der Waals surface area contributed by atoms with E-state index in [1.165, 1.54) is 0 Å². The lowest BCUT2D eigenvalue weighted by atomic mass is 10.2. The summed E-state index contributed by atoms with van der Waals surface area (Å²) in [5, 5.41) is 0. The van der Waals surface area contributed by atoms with Crippen molar-refractivity contribution in [2.45, 2.75) is 32.0 Å². The fourth-order valence-corrected chi connectivity index (χ4v) is 3.42. The van der Waals surface area contributed by atoms with E-state index in [2.05, 4.69) is 0 Å². The van der Waals surface area contributed by atoms with E-state index in [1.807, 2.05) is 60.3 Å². The fourth-order valence-electron chi connectivity index (χ4n) is 3.42. The number of hydrogen-bond acceptors (Lipinski definition) is 3. The van der Waals surface area contributed by atoms with E-state index < -0.39 is 0 Å². The molecule has 3 aromatic rings. The maximum atomic E-state index is 13.3. The number of carbonyl (C=O) groups excluding carboxylic acids is 2. The molecule has 1 aromatic carbocycles. The zero-order chi connectivity index (χ0) is 20.2. The lowest BCUT2D eigenvalue weighted by Gasteiger charge is -2.27. The Hall–Kier alpha value is -3.28. The minimum atomic E-state index is -0.0849. The molecule has 6 heteroatoms. The Morgan fingerprint density at radius 1 is 1.03 bits per heavy atom. The summed E-state index contributed by atoms with van der Waals surface area (Å²) in [5.41, 5.74) is 1.64. The van der Waals surface area contributed by atoms with E-state index in [0.717, 1.165) is 24.3 Å². The minimum absolute atomic E-state index is 0.0729. The smallest absolute Gasteiger partial charge is 0.254 e. The van der Waals surface area contributed by atoms with Gasteiger partial charge in [-0.1, -0.05) is 18.2 Å². The van der Waals surface area contributed by atoms with E-state index >= 15 is 0 Å². The van der Waals surface area contributed by atoms with Gasteiger partial charge in [0.2, 0.25) is 5.91 Å². The highest BCUT2D eigenvalue weighted by Crippen LogP contribution is 2.28. The number of aromatic nitrogens is 1. The van der Waals surface area contributed by atoms with Crippen molar-refractivity contribution in [1.29, 1.82) is 0 Å². The number of rotatable bonds is 8. The zero-order valence-electron chi connectivity index (χ0n) is 16.5. The van der Waals surface area contributed by atoms with Crippen LogP contribution in [0, 0.1) is 0 Å².